The van der Waals surface area contributed by atoms with Crippen molar-refractivity contribution in [1.29, 1.82) is 0 Å². The standard InChI is InChI=1S/C15H27N3O3.C10H12.C8H15NO.C4H10.C2H3NO2/c1-10-7-6-8-18(10)13(20)12(15(3,4)5)17-14(21)16-9-11(2)19;1-2-4-9(5-3-1)8-10-6-7-10;1-7(9-6-10)5-8-3-2-4-8;1-4(2)3;3-2(5)1-4/h10,12H,6-9H2,1-5H3,(H2,16,17,21);1-5,10H,6-8H2;6-8H,2-5H2,1H3,(H,9,10);4H,1-3H3;1H,(H2,3,5). The predicted octanol–water partition coefficient (Wildman–Crippen LogP) is 5.58. The lowest BCUT2D eigenvalue weighted by Crippen LogP contribution is -2.57. The van der Waals surface area contributed by atoms with Gasteiger partial charge in [-0.1, -0.05) is 91.1 Å². The summed E-state index contributed by atoms with van der Waals surface area (Å²) in [6, 6.07) is 10.3. The summed E-state index contributed by atoms with van der Waals surface area (Å²) in [6.07, 6.45) is 12.3. The number of likely N-dealkylation sites (tertiary alicyclic amines) is 1. The molecule has 284 valence electrons. The number of aldehydes is 1. The number of ketones is 1. The molecule has 3 aliphatic rings. The molecule has 2 saturated carbocycles. The van der Waals surface area contributed by atoms with Crippen LogP contribution in [0.1, 0.15) is 119 Å². The van der Waals surface area contributed by atoms with Gasteiger partial charge >= 0.3 is 6.03 Å². The first-order chi connectivity index (χ1) is 23.4. The van der Waals surface area contributed by atoms with Gasteiger partial charge in [-0.25, -0.2) is 4.79 Å². The van der Waals surface area contributed by atoms with Crippen LogP contribution in [0.4, 0.5) is 4.79 Å². The van der Waals surface area contributed by atoms with E-state index in [0.29, 0.717) is 6.04 Å². The van der Waals surface area contributed by atoms with Crippen molar-refractivity contribution < 1.29 is 28.8 Å². The molecule has 3 fully saturated rings. The molecule has 11 heteroatoms. The van der Waals surface area contributed by atoms with Crippen LogP contribution in [-0.4, -0.2) is 72.4 Å². The lowest BCUT2D eigenvalue weighted by Gasteiger charge is -2.35. The number of amides is 5. The third kappa shape index (κ3) is 23.6. The van der Waals surface area contributed by atoms with Gasteiger partial charge in [0.25, 0.3) is 5.91 Å². The first kappa shape index (κ1) is 46.2. The highest BCUT2D eigenvalue weighted by Gasteiger charge is 2.38. The van der Waals surface area contributed by atoms with Gasteiger partial charge in [-0.3, -0.25) is 24.0 Å². The molecule has 1 heterocycles. The fourth-order valence-corrected chi connectivity index (χ4v) is 5.14. The zero-order valence-electron chi connectivity index (χ0n) is 32.3. The molecule has 0 spiro atoms. The summed E-state index contributed by atoms with van der Waals surface area (Å²) < 4.78 is 0. The SMILES string of the molecule is CC(=O)CNC(=O)NC(C(=O)N1CCCC1C)C(C)(C)C.CC(C)C.CC(CC1CCC1)NC=O.NC(=O)C=O.c1ccc(CC2CC2)cc1. The first-order valence-corrected chi connectivity index (χ1v) is 18.2. The Bertz CT molecular complexity index is 1140. The fraction of sp³-hybridized carbons (Fsp3) is 0.692. The van der Waals surface area contributed by atoms with Crippen LogP contribution in [0.3, 0.4) is 0 Å². The van der Waals surface area contributed by atoms with Gasteiger partial charge in [-0.05, 0) is 88.0 Å². The van der Waals surface area contributed by atoms with Gasteiger partial charge in [0, 0.05) is 18.6 Å². The maximum atomic E-state index is 12.7. The largest absolute Gasteiger partial charge is 0.363 e. The number of urea groups is 1. The van der Waals surface area contributed by atoms with Crippen LogP contribution in [0.5, 0.6) is 0 Å². The Morgan fingerprint density at radius 2 is 1.48 bits per heavy atom. The van der Waals surface area contributed by atoms with E-state index in [1.165, 1.54) is 57.4 Å². The average molecular weight is 702 g/mol. The topological polar surface area (TPSA) is 168 Å². The quantitative estimate of drug-likeness (QED) is 0.174. The Labute approximate surface area is 301 Å². The molecule has 3 atom stereocenters. The number of benzene rings is 1. The summed E-state index contributed by atoms with van der Waals surface area (Å²) in [7, 11) is 0. The van der Waals surface area contributed by atoms with Crippen molar-refractivity contribution in [3.63, 3.8) is 0 Å². The molecule has 1 aliphatic heterocycles. The number of nitrogens with zero attached hydrogens (tertiary/aromatic N) is 1. The van der Waals surface area contributed by atoms with Crippen molar-refractivity contribution >= 4 is 36.3 Å². The van der Waals surface area contributed by atoms with E-state index in [2.05, 4.69) is 79.7 Å². The highest BCUT2D eigenvalue weighted by Crippen LogP contribution is 2.32. The van der Waals surface area contributed by atoms with E-state index in [4.69, 9.17) is 4.79 Å². The normalized spacial score (nSPS) is 17.5. The minimum atomic E-state index is -0.926. The second kappa shape index (κ2) is 25.2. The van der Waals surface area contributed by atoms with Crippen molar-refractivity contribution in [1.82, 2.24) is 20.9 Å². The number of hydrogen-bond acceptors (Lipinski definition) is 6. The third-order valence-corrected chi connectivity index (χ3v) is 8.17. The molecule has 50 heavy (non-hydrogen) atoms. The van der Waals surface area contributed by atoms with Crippen LogP contribution in [0.25, 0.3) is 0 Å². The summed E-state index contributed by atoms with van der Waals surface area (Å²) in [6.45, 7) is 18.5. The number of nitrogens with two attached hydrogens (primary N) is 1. The molecule has 1 aromatic carbocycles. The number of rotatable bonds is 11. The smallest absolute Gasteiger partial charge is 0.315 e. The molecule has 1 aromatic rings. The number of hydrogen-bond donors (Lipinski definition) is 4. The van der Waals surface area contributed by atoms with Crippen LogP contribution in [0.2, 0.25) is 0 Å². The Morgan fingerprint density at radius 3 is 1.86 bits per heavy atom. The summed E-state index contributed by atoms with van der Waals surface area (Å²) in [4.78, 5) is 65.5. The zero-order valence-corrected chi connectivity index (χ0v) is 32.3. The maximum Gasteiger partial charge on any atom is 0.315 e. The summed E-state index contributed by atoms with van der Waals surface area (Å²) in [5, 5.41) is 7.95. The molecule has 0 radical (unpaired) electrons. The van der Waals surface area contributed by atoms with Crippen molar-refractivity contribution in [2.45, 2.75) is 138 Å². The average Bonchev–Trinajstić information content (AvgIpc) is 3.73. The summed E-state index contributed by atoms with van der Waals surface area (Å²) >= 11 is 0. The molecule has 0 aromatic heterocycles. The number of nitrogens with one attached hydrogen (secondary N) is 3. The Kier molecular flexibility index (Phi) is 23.3. The number of Topliss-reactive ketones (excluding diaryl/α,β-unsaturated/α-hetero) is 1. The molecule has 0 bridgehead atoms. The van der Waals surface area contributed by atoms with Gasteiger partial charge in [0.15, 0.2) is 0 Å². The maximum absolute atomic E-state index is 12.7. The van der Waals surface area contributed by atoms with Crippen molar-refractivity contribution in [3.05, 3.63) is 35.9 Å². The molecule has 11 nitrogen and oxygen atoms in total. The fourth-order valence-electron chi connectivity index (χ4n) is 5.14. The monoisotopic (exact) mass is 702 g/mol. The highest BCUT2D eigenvalue weighted by molar-refractivity contribution is 6.22. The van der Waals surface area contributed by atoms with E-state index < -0.39 is 23.4 Å². The second-order valence-electron chi connectivity index (χ2n) is 15.5. The van der Waals surface area contributed by atoms with E-state index >= 15 is 0 Å². The number of carbonyl (C=O) groups excluding carboxylic acids is 6. The van der Waals surface area contributed by atoms with E-state index in [-0.39, 0.29) is 30.6 Å². The minimum absolute atomic E-state index is 0.0308. The minimum Gasteiger partial charge on any atom is -0.363 e. The molecule has 4 rings (SSSR count). The van der Waals surface area contributed by atoms with Crippen molar-refractivity contribution in [2.24, 2.45) is 28.9 Å². The Morgan fingerprint density at radius 1 is 0.920 bits per heavy atom. The van der Waals surface area contributed by atoms with Crippen LogP contribution in [0, 0.1) is 23.2 Å². The molecule has 3 unspecified atom stereocenters. The molecule has 5 N–H and O–H groups in total. The van der Waals surface area contributed by atoms with E-state index in [1.54, 1.807) is 0 Å². The van der Waals surface area contributed by atoms with Crippen LogP contribution >= 0.6 is 0 Å². The summed E-state index contributed by atoms with van der Waals surface area (Å²) in [5.74, 6) is 1.64. The Hall–Kier alpha value is -3.76. The number of primary amides is 1. The van der Waals surface area contributed by atoms with Gasteiger partial charge in [0.05, 0.1) is 6.54 Å². The molecule has 2 aliphatic carbocycles. The second-order valence-corrected chi connectivity index (χ2v) is 15.5. The third-order valence-electron chi connectivity index (χ3n) is 8.17. The molecule has 1 saturated heterocycles. The summed E-state index contributed by atoms with van der Waals surface area (Å²) in [5.41, 5.74) is 5.39. The number of carbonyl (C=O) groups is 6. The van der Waals surface area contributed by atoms with Gasteiger partial charge < -0.3 is 26.6 Å². The van der Waals surface area contributed by atoms with Gasteiger partial charge in [-0.2, -0.15) is 0 Å². The van der Waals surface area contributed by atoms with Crippen molar-refractivity contribution in [2.75, 3.05) is 13.1 Å². The van der Waals surface area contributed by atoms with Crippen LogP contribution in [0.15, 0.2) is 30.3 Å². The van der Waals surface area contributed by atoms with Gasteiger partial charge in [0.2, 0.25) is 18.6 Å². The zero-order chi connectivity index (χ0) is 38.3. The first-order valence-electron chi connectivity index (χ1n) is 18.2. The van der Waals surface area contributed by atoms with Crippen LogP contribution < -0.4 is 21.7 Å². The molecular weight excluding hydrogens is 634 g/mol. The Balaban J connectivity index is 0.000000688. The van der Waals surface area contributed by atoms with E-state index in [0.717, 1.165) is 43.6 Å². The molecular formula is C39H67N5O6. The van der Waals surface area contributed by atoms with Crippen LogP contribution in [-0.2, 0) is 30.4 Å². The lowest BCUT2D eigenvalue weighted by molar-refractivity contribution is -0.136. The highest BCUT2D eigenvalue weighted by atomic mass is 16.2. The van der Waals surface area contributed by atoms with E-state index in [1.807, 2.05) is 32.6 Å². The van der Waals surface area contributed by atoms with Gasteiger partial charge in [-0.15, -0.1) is 0 Å². The van der Waals surface area contributed by atoms with E-state index in [9.17, 15) is 24.0 Å². The molecule has 5 amide bonds. The predicted molar refractivity (Wildman–Crippen MR) is 200 cm³/mol. The van der Waals surface area contributed by atoms with Crippen molar-refractivity contribution in [3.8, 4) is 0 Å². The van der Waals surface area contributed by atoms with Gasteiger partial charge in [0.1, 0.15) is 11.8 Å². The lowest BCUT2D eigenvalue weighted by atomic mass is 9.81.